The largest absolute Gasteiger partial charge is 0.394 e. The summed E-state index contributed by atoms with van der Waals surface area (Å²) in [4.78, 5) is 4.02. The predicted molar refractivity (Wildman–Crippen MR) is 70.9 cm³/mol. The summed E-state index contributed by atoms with van der Waals surface area (Å²) in [7, 11) is 0. The van der Waals surface area contributed by atoms with Gasteiger partial charge in [0.25, 0.3) is 0 Å². The summed E-state index contributed by atoms with van der Waals surface area (Å²) in [6.45, 7) is 2.22. The van der Waals surface area contributed by atoms with Crippen LogP contribution in [0.2, 0.25) is 10.4 Å². The van der Waals surface area contributed by atoms with Crippen molar-refractivity contribution in [2.75, 3.05) is 11.9 Å². The van der Waals surface area contributed by atoms with Crippen molar-refractivity contribution in [3.8, 4) is 0 Å². The molecule has 0 aromatic carbocycles. The standard InChI is InChI=1S/C11H16Cl2N4O/c1-7-3-2-4-11(5-7,6-18)15-9-8(12)16-17-10(13)14-9/h7,18H,2-6H2,1H3,(H,14,15,17). The van der Waals surface area contributed by atoms with Crippen molar-refractivity contribution in [2.45, 2.75) is 38.1 Å². The Morgan fingerprint density at radius 2 is 2.22 bits per heavy atom. The number of nitrogens with one attached hydrogen (secondary N) is 1. The average Bonchev–Trinajstić information content (AvgIpc) is 2.34. The fourth-order valence-corrected chi connectivity index (χ4v) is 2.83. The minimum absolute atomic E-state index is 0.0370. The normalized spacial score (nSPS) is 28.1. The van der Waals surface area contributed by atoms with E-state index in [9.17, 15) is 5.11 Å². The maximum Gasteiger partial charge on any atom is 0.245 e. The summed E-state index contributed by atoms with van der Waals surface area (Å²) in [5.74, 6) is 0.947. The van der Waals surface area contributed by atoms with Crippen molar-refractivity contribution in [3.63, 3.8) is 0 Å². The molecule has 1 heterocycles. The minimum Gasteiger partial charge on any atom is -0.394 e. The first-order valence-corrected chi connectivity index (χ1v) is 6.75. The molecule has 0 spiro atoms. The molecule has 2 N–H and O–H groups in total. The van der Waals surface area contributed by atoms with Gasteiger partial charge in [-0.05, 0) is 30.4 Å². The molecule has 0 radical (unpaired) electrons. The van der Waals surface area contributed by atoms with Gasteiger partial charge in [0.1, 0.15) is 0 Å². The highest BCUT2D eigenvalue weighted by Gasteiger charge is 2.35. The molecule has 5 nitrogen and oxygen atoms in total. The van der Waals surface area contributed by atoms with E-state index in [1.54, 1.807) is 0 Å². The van der Waals surface area contributed by atoms with Crippen molar-refractivity contribution in [3.05, 3.63) is 10.4 Å². The maximum atomic E-state index is 9.68. The highest BCUT2D eigenvalue weighted by atomic mass is 35.5. The van der Waals surface area contributed by atoms with E-state index in [2.05, 4.69) is 27.4 Å². The van der Waals surface area contributed by atoms with Crippen LogP contribution in [0.3, 0.4) is 0 Å². The van der Waals surface area contributed by atoms with Crippen LogP contribution in [0.4, 0.5) is 5.82 Å². The molecule has 18 heavy (non-hydrogen) atoms. The number of halogens is 2. The number of nitrogens with zero attached hydrogens (tertiary/aromatic N) is 3. The van der Waals surface area contributed by atoms with E-state index in [1.807, 2.05) is 0 Å². The molecule has 1 aliphatic rings. The Bertz CT molecular complexity index is 432. The van der Waals surface area contributed by atoms with Crippen LogP contribution in [-0.4, -0.2) is 32.4 Å². The van der Waals surface area contributed by atoms with Crippen LogP contribution in [0, 0.1) is 5.92 Å². The summed E-state index contributed by atoms with van der Waals surface area (Å²) >= 11 is 11.6. The van der Waals surface area contributed by atoms with Crippen molar-refractivity contribution >= 4 is 29.0 Å². The molecule has 2 atom stereocenters. The molecule has 1 saturated carbocycles. The number of anilines is 1. The second-order valence-corrected chi connectivity index (χ2v) is 5.68. The number of aliphatic hydroxyl groups is 1. The van der Waals surface area contributed by atoms with Crippen molar-refractivity contribution in [1.29, 1.82) is 0 Å². The van der Waals surface area contributed by atoms with Gasteiger partial charge in [-0.2, -0.15) is 4.98 Å². The van der Waals surface area contributed by atoms with Crippen LogP contribution in [0.1, 0.15) is 32.6 Å². The number of hydrogen-bond acceptors (Lipinski definition) is 5. The molecule has 1 aromatic heterocycles. The molecule has 7 heteroatoms. The van der Waals surface area contributed by atoms with Crippen LogP contribution < -0.4 is 5.32 Å². The lowest BCUT2D eigenvalue weighted by Gasteiger charge is -2.39. The monoisotopic (exact) mass is 290 g/mol. The van der Waals surface area contributed by atoms with Crippen molar-refractivity contribution in [1.82, 2.24) is 15.2 Å². The Hall–Kier alpha value is -0.650. The van der Waals surface area contributed by atoms with E-state index in [-0.39, 0.29) is 22.6 Å². The van der Waals surface area contributed by atoms with Gasteiger partial charge in [-0.1, -0.05) is 31.4 Å². The van der Waals surface area contributed by atoms with Gasteiger partial charge in [-0.3, -0.25) is 0 Å². The highest BCUT2D eigenvalue weighted by Crippen LogP contribution is 2.35. The van der Waals surface area contributed by atoms with Gasteiger partial charge in [0, 0.05) is 0 Å². The first-order chi connectivity index (χ1) is 8.54. The Morgan fingerprint density at radius 1 is 1.44 bits per heavy atom. The number of aliphatic hydroxyl groups excluding tert-OH is 1. The highest BCUT2D eigenvalue weighted by molar-refractivity contribution is 6.32. The first-order valence-electron chi connectivity index (χ1n) is 5.99. The van der Waals surface area contributed by atoms with Gasteiger partial charge in [-0.25, -0.2) is 0 Å². The molecule has 100 valence electrons. The van der Waals surface area contributed by atoms with E-state index < -0.39 is 0 Å². The lowest BCUT2D eigenvalue weighted by molar-refractivity contribution is 0.149. The smallest absolute Gasteiger partial charge is 0.245 e. The topological polar surface area (TPSA) is 70.9 Å². The molecule has 1 aliphatic carbocycles. The summed E-state index contributed by atoms with van der Waals surface area (Å²) in [5, 5.41) is 20.4. The van der Waals surface area contributed by atoms with E-state index in [0.717, 1.165) is 19.3 Å². The van der Waals surface area contributed by atoms with E-state index in [4.69, 9.17) is 23.2 Å². The van der Waals surface area contributed by atoms with Gasteiger partial charge in [0.2, 0.25) is 5.28 Å². The third-order valence-corrected chi connectivity index (χ3v) is 3.81. The third kappa shape index (κ3) is 3.02. The van der Waals surface area contributed by atoms with Gasteiger partial charge in [0.05, 0.1) is 12.1 Å². The molecule has 2 unspecified atom stereocenters. The zero-order valence-corrected chi connectivity index (χ0v) is 11.7. The van der Waals surface area contributed by atoms with Crippen LogP contribution in [0.25, 0.3) is 0 Å². The van der Waals surface area contributed by atoms with Crippen LogP contribution in [-0.2, 0) is 0 Å². The van der Waals surface area contributed by atoms with Crippen LogP contribution >= 0.6 is 23.2 Å². The molecule has 0 amide bonds. The fraction of sp³-hybridized carbons (Fsp3) is 0.727. The summed E-state index contributed by atoms with van der Waals surface area (Å²) in [5.41, 5.74) is -0.388. The van der Waals surface area contributed by atoms with Crippen molar-refractivity contribution in [2.24, 2.45) is 5.92 Å². The Kier molecular flexibility index (Phi) is 4.25. The van der Waals surface area contributed by atoms with Crippen LogP contribution in [0.15, 0.2) is 0 Å². The van der Waals surface area contributed by atoms with E-state index in [0.29, 0.717) is 11.7 Å². The van der Waals surface area contributed by atoms with Crippen LogP contribution in [0.5, 0.6) is 0 Å². The number of aromatic nitrogens is 3. The summed E-state index contributed by atoms with van der Waals surface area (Å²) in [6, 6.07) is 0. The minimum atomic E-state index is -0.388. The van der Waals surface area contributed by atoms with Gasteiger partial charge < -0.3 is 10.4 Å². The fourth-order valence-electron chi connectivity index (χ4n) is 2.58. The molecule has 2 rings (SSSR count). The van der Waals surface area contributed by atoms with Gasteiger partial charge in [0.15, 0.2) is 11.0 Å². The molecule has 1 fully saturated rings. The zero-order chi connectivity index (χ0) is 13.2. The quantitative estimate of drug-likeness (QED) is 0.895. The zero-order valence-electron chi connectivity index (χ0n) is 10.2. The molecule has 1 aromatic rings. The Morgan fingerprint density at radius 3 is 2.89 bits per heavy atom. The SMILES string of the molecule is CC1CCCC(CO)(Nc2nc(Cl)nnc2Cl)C1. The molecular formula is C11H16Cl2N4O. The summed E-state index contributed by atoms with van der Waals surface area (Å²) in [6.07, 6.45) is 4.01. The molecular weight excluding hydrogens is 275 g/mol. The van der Waals surface area contributed by atoms with Gasteiger partial charge >= 0.3 is 0 Å². The Balaban J connectivity index is 2.21. The third-order valence-electron chi connectivity index (χ3n) is 3.40. The second-order valence-electron chi connectivity index (χ2n) is 4.99. The maximum absolute atomic E-state index is 9.68. The molecule has 0 bridgehead atoms. The summed E-state index contributed by atoms with van der Waals surface area (Å²) < 4.78 is 0. The number of hydrogen-bond donors (Lipinski definition) is 2. The van der Waals surface area contributed by atoms with Gasteiger partial charge in [-0.15, -0.1) is 10.2 Å². The number of rotatable bonds is 3. The first kappa shape index (κ1) is 13.8. The second kappa shape index (κ2) is 5.55. The lowest BCUT2D eigenvalue weighted by atomic mass is 9.77. The molecule has 0 aliphatic heterocycles. The predicted octanol–water partition coefficient (Wildman–Crippen LogP) is 2.53. The Labute approximate surface area is 116 Å². The lowest BCUT2D eigenvalue weighted by Crippen LogP contribution is -2.46. The average molecular weight is 291 g/mol. The van der Waals surface area contributed by atoms with Crippen molar-refractivity contribution < 1.29 is 5.11 Å². The van der Waals surface area contributed by atoms with E-state index in [1.165, 1.54) is 6.42 Å². The molecule has 0 saturated heterocycles. The van der Waals surface area contributed by atoms with E-state index >= 15 is 0 Å².